The average Bonchev–Trinajstić information content (AvgIpc) is 2.74. The van der Waals surface area contributed by atoms with Crippen LogP contribution in [0.2, 0.25) is 0 Å². The van der Waals surface area contributed by atoms with Crippen LogP contribution in [0.25, 0.3) is 0 Å². The molecule has 0 saturated carbocycles. The van der Waals surface area contributed by atoms with E-state index in [0.29, 0.717) is 12.0 Å². The molecule has 0 heterocycles. The Labute approximate surface area is 186 Å². The van der Waals surface area contributed by atoms with E-state index in [1.165, 1.54) is 0 Å². The monoisotopic (exact) mass is 454 g/mol. The van der Waals surface area contributed by atoms with Gasteiger partial charge in [-0.1, -0.05) is 44.2 Å². The molecule has 11 nitrogen and oxygen atoms in total. The van der Waals surface area contributed by atoms with Gasteiger partial charge in [-0.3, -0.25) is 14.4 Å². The molecule has 180 valence electrons. The standard InChI is InChI=1S/C21H34N4O7/c1-11(2)8-13(22)20(31)25-15(10-26)17(28)18(29)19(30)21(32)24-14(9-16(23)27)12-6-4-3-5-7-12/h3-7,11,13-15,17-19,26,28-30H,8-10,22H2,1-2H3,(H2,23,27)(H,24,32)(H,25,31)/t13-,14-,15-,17+,18+,19-/m0/s1. The van der Waals surface area contributed by atoms with Crippen LogP contribution in [0.4, 0.5) is 0 Å². The molecule has 0 aliphatic rings. The number of primary amides is 1. The Hall–Kier alpha value is -2.57. The fourth-order valence-corrected chi connectivity index (χ4v) is 3.12. The topological polar surface area (TPSA) is 208 Å². The van der Waals surface area contributed by atoms with E-state index in [1.807, 2.05) is 13.8 Å². The maximum absolute atomic E-state index is 12.5. The predicted octanol–water partition coefficient (Wildman–Crippen LogP) is -2.35. The Kier molecular flexibility index (Phi) is 11.2. The second-order valence-electron chi connectivity index (χ2n) is 8.10. The van der Waals surface area contributed by atoms with E-state index >= 15 is 0 Å². The number of amides is 3. The maximum atomic E-state index is 12.5. The zero-order valence-electron chi connectivity index (χ0n) is 18.2. The van der Waals surface area contributed by atoms with Gasteiger partial charge in [-0.15, -0.1) is 0 Å². The van der Waals surface area contributed by atoms with Crippen LogP contribution in [0, 0.1) is 5.92 Å². The highest BCUT2D eigenvalue weighted by atomic mass is 16.4. The molecule has 0 aliphatic heterocycles. The highest BCUT2D eigenvalue weighted by molar-refractivity contribution is 5.83. The first kappa shape index (κ1) is 27.5. The summed E-state index contributed by atoms with van der Waals surface area (Å²) in [5.74, 6) is -2.31. The molecule has 0 unspecified atom stereocenters. The third-order valence-electron chi connectivity index (χ3n) is 4.86. The molecule has 10 N–H and O–H groups in total. The number of aliphatic hydroxyl groups is 4. The fraction of sp³-hybridized carbons (Fsp3) is 0.571. The number of hydrogen-bond acceptors (Lipinski definition) is 8. The molecule has 0 saturated heterocycles. The van der Waals surface area contributed by atoms with E-state index < -0.39 is 60.8 Å². The van der Waals surface area contributed by atoms with E-state index in [9.17, 15) is 34.8 Å². The molecule has 0 spiro atoms. The van der Waals surface area contributed by atoms with Crippen molar-refractivity contribution in [3.63, 3.8) is 0 Å². The molecule has 3 amide bonds. The highest BCUT2D eigenvalue weighted by Crippen LogP contribution is 2.17. The molecule has 0 fully saturated rings. The van der Waals surface area contributed by atoms with E-state index in [0.717, 1.165) is 0 Å². The summed E-state index contributed by atoms with van der Waals surface area (Å²) >= 11 is 0. The lowest BCUT2D eigenvalue weighted by atomic mass is 9.98. The summed E-state index contributed by atoms with van der Waals surface area (Å²) in [5.41, 5.74) is 11.5. The van der Waals surface area contributed by atoms with Crippen molar-refractivity contribution < 1.29 is 34.8 Å². The average molecular weight is 455 g/mol. The molecule has 0 bridgehead atoms. The van der Waals surface area contributed by atoms with Gasteiger partial charge < -0.3 is 42.5 Å². The number of rotatable bonds is 13. The molecule has 11 heteroatoms. The van der Waals surface area contributed by atoms with Crippen molar-refractivity contribution >= 4 is 17.7 Å². The van der Waals surface area contributed by atoms with Crippen LogP contribution in [0.1, 0.15) is 38.3 Å². The minimum atomic E-state index is -2.13. The molecule has 0 aliphatic carbocycles. The first-order chi connectivity index (χ1) is 15.0. The van der Waals surface area contributed by atoms with Crippen LogP contribution >= 0.6 is 0 Å². The predicted molar refractivity (Wildman–Crippen MR) is 116 cm³/mol. The van der Waals surface area contributed by atoms with Gasteiger partial charge in [-0.25, -0.2) is 0 Å². The van der Waals surface area contributed by atoms with Gasteiger partial charge in [0.25, 0.3) is 5.91 Å². The van der Waals surface area contributed by atoms with Gasteiger partial charge in [-0.05, 0) is 17.9 Å². The lowest BCUT2D eigenvalue weighted by Gasteiger charge is -2.30. The number of hydrogen-bond donors (Lipinski definition) is 8. The molecule has 1 aromatic carbocycles. The van der Waals surface area contributed by atoms with E-state index in [4.69, 9.17) is 11.5 Å². The smallest absolute Gasteiger partial charge is 0.252 e. The third kappa shape index (κ3) is 8.52. The molecular formula is C21H34N4O7. The summed E-state index contributed by atoms with van der Waals surface area (Å²) in [5, 5.41) is 45.1. The molecule has 0 aromatic heterocycles. The van der Waals surface area contributed by atoms with Crippen molar-refractivity contribution in [2.24, 2.45) is 17.4 Å². The van der Waals surface area contributed by atoms with Crippen molar-refractivity contribution in [1.29, 1.82) is 0 Å². The maximum Gasteiger partial charge on any atom is 0.252 e. The van der Waals surface area contributed by atoms with Crippen LogP contribution in [0.15, 0.2) is 30.3 Å². The second kappa shape index (κ2) is 13.1. The number of benzene rings is 1. The van der Waals surface area contributed by atoms with Crippen LogP contribution in [0.5, 0.6) is 0 Å². The van der Waals surface area contributed by atoms with Crippen molar-refractivity contribution in [2.75, 3.05) is 6.61 Å². The van der Waals surface area contributed by atoms with Crippen molar-refractivity contribution in [2.45, 2.75) is 63.1 Å². The van der Waals surface area contributed by atoms with Gasteiger partial charge in [-0.2, -0.15) is 0 Å². The van der Waals surface area contributed by atoms with E-state index in [2.05, 4.69) is 10.6 Å². The fourth-order valence-electron chi connectivity index (χ4n) is 3.12. The van der Waals surface area contributed by atoms with Crippen molar-refractivity contribution in [1.82, 2.24) is 10.6 Å². The lowest BCUT2D eigenvalue weighted by Crippen LogP contribution is -2.58. The van der Waals surface area contributed by atoms with Gasteiger partial charge in [0.05, 0.1) is 31.2 Å². The number of nitrogens with one attached hydrogen (secondary N) is 2. The molecule has 6 atom stereocenters. The highest BCUT2D eigenvalue weighted by Gasteiger charge is 2.37. The van der Waals surface area contributed by atoms with E-state index in [1.54, 1.807) is 30.3 Å². The van der Waals surface area contributed by atoms with Gasteiger partial charge in [0, 0.05) is 0 Å². The van der Waals surface area contributed by atoms with Crippen LogP contribution in [-0.4, -0.2) is 75.2 Å². The van der Waals surface area contributed by atoms with Crippen molar-refractivity contribution in [3.8, 4) is 0 Å². The molecule has 32 heavy (non-hydrogen) atoms. The lowest BCUT2D eigenvalue weighted by molar-refractivity contribution is -0.144. The summed E-state index contributed by atoms with van der Waals surface area (Å²) in [6, 6.07) is 5.23. The Morgan fingerprint density at radius 2 is 1.56 bits per heavy atom. The number of carbonyl (C=O) groups is 3. The number of aliphatic hydroxyl groups excluding tert-OH is 4. The quantitative estimate of drug-likeness (QED) is 0.161. The minimum Gasteiger partial charge on any atom is -0.394 e. The Morgan fingerprint density at radius 1 is 0.969 bits per heavy atom. The molecule has 1 aromatic rings. The summed E-state index contributed by atoms with van der Waals surface area (Å²) < 4.78 is 0. The Bertz CT molecular complexity index is 747. The van der Waals surface area contributed by atoms with Gasteiger partial charge in [0.15, 0.2) is 6.10 Å². The van der Waals surface area contributed by atoms with E-state index in [-0.39, 0.29) is 12.3 Å². The summed E-state index contributed by atoms with van der Waals surface area (Å²) in [7, 11) is 0. The van der Waals surface area contributed by atoms with Gasteiger partial charge in [0.1, 0.15) is 12.2 Å². The zero-order valence-corrected chi connectivity index (χ0v) is 18.2. The molecule has 1 rings (SSSR count). The normalized spacial score (nSPS) is 17.0. The van der Waals surface area contributed by atoms with Gasteiger partial charge in [0.2, 0.25) is 11.8 Å². The summed E-state index contributed by atoms with van der Waals surface area (Å²) in [4.78, 5) is 36.0. The summed E-state index contributed by atoms with van der Waals surface area (Å²) in [6.07, 6.45) is -5.97. The number of nitrogens with two attached hydrogens (primary N) is 2. The van der Waals surface area contributed by atoms with Gasteiger partial charge >= 0.3 is 0 Å². The molecule has 0 radical (unpaired) electrons. The first-order valence-corrected chi connectivity index (χ1v) is 10.3. The molecular weight excluding hydrogens is 420 g/mol. The third-order valence-corrected chi connectivity index (χ3v) is 4.86. The second-order valence-corrected chi connectivity index (χ2v) is 8.10. The van der Waals surface area contributed by atoms with Crippen molar-refractivity contribution in [3.05, 3.63) is 35.9 Å². The SMILES string of the molecule is CC(C)C[C@H](N)C(=O)N[C@@H](CO)[C@@H](O)[C@@H](O)[C@H](O)C(=O)N[C@@H](CC(N)=O)c1ccccc1. The van der Waals surface area contributed by atoms with Crippen LogP contribution in [0.3, 0.4) is 0 Å². The Morgan fingerprint density at radius 3 is 2.06 bits per heavy atom. The number of carbonyl (C=O) groups excluding carboxylic acids is 3. The zero-order chi connectivity index (χ0) is 24.4. The summed E-state index contributed by atoms with van der Waals surface area (Å²) in [6.45, 7) is 2.96. The van der Waals surface area contributed by atoms with Crippen LogP contribution in [-0.2, 0) is 14.4 Å². The largest absolute Gasteiger partial charge is 0.394 e. The Balaban J connectivity index is 2.83. The van der Waals surface area contributed by atoms with Crippen LogP contribution < -0.4 is 22.1 Å². The minimum absolute atomic E-state index is 0.127. The first-order valence-electron chi connectivity index (χ1n) is 10.3.